The Hall–Kier alpha value is -2.97. The van der Waals surface area contributed by atoms with Crippen LogP contribution in [0.2, 0.25) is 0 Å². The van der Waals surface area contributed by atoms with Crippen molar-refractivity contribution in [1.82, 2.24) is 15.3 Å². The molecule has 6 nitrogen and oxygen atoms in total. The molecule has 2 aliphatic heterocycles. The molecular weight excluding hydrogens is 440 g/mol. The molecule has 0 radical (unpaired) electrons. The van der Waals surface area contributed by atoms with Gasteiger partial charge in [-0.3, -0.25) is 4.79 Å². The lowest BCUT2D eigenvalue weighted by Crippen LogP contribution is -2.31. The zero-order valence-electron chi connectivity index (χ0n) is 17.6. The molecule has 162 valence electrons. The smallest absolute Gasteiger partial charge is 0.263 e. The van der Waals surface area contributed by atoms with Crippen molar-refractivity contribution in [2.75, 3.05) is 25.1 Å². The highest BCUT2D eigenvalue weighted by molar-refractivity contribution is 8.26. The van der Waals surface area contributed by atoms with Crippen LogP contribution in [0.3, 0.4) is 0 Å². The van der Waals surface area contributed by atoms with Gasteiger partial charge in [0.1, 0.15) is 15.8 Å². The monoisotopic (exact) mass is 462 g/mol. The number of nitrogens with zero attached hydrogens (tertiary/aromatic N) is 3. The third-order valence-corrected chi connectivity index (χ3v) is 6.79. The molecule has 32 heavy (non-hydrogen) atoms. The molecule has 5 rings (SSSR count). The van der Waals surface area contributed by atoms with Crippen LogP contribution in [-0.2, 0) is 4.79 Å². The number of hydrogen-bond donors (Lipinski definition) is 1. The van der Waals surface area contributed by atoms with Crippen molar-refractivity contribution in [2.24, 2.45) is 0 Å². The molecule has 3 heterocycles. The van der Waals surface area contributed by atoms with E-state index in [9.17, 15) is 4.79 Å². The second-order valence-corrected chi connectivity index (χ2v) is 9.46. The van der Waals surface area contributed by atoms with Crippen LogP contribution in [-0.4, -0.2) is 40.4 Å². The van der Waals surface area contributed by atoms with E-state index in [2.05, 4.69) is 10.2 Å². The zero-order chi connectivity index (χ0) is 22.1. The fourth-order valence-corrected chi connectivity index (χ4v) is 5.11. The second-order valence-electron chi connectivity index (χ2n) is 7.74. The van der Waals surface area contributed by atoms with Gasteiger partial charge in [-0.2, -0.15) is 0 Å². The summed E-state index contributed by atoms with van der Waals surface area (Å²) in [6, 6.07) is 13.8. The fraction of sp³-hybridized carbons (Fsp3) is 0.250. The number of amides is 1. The number of piperidine rings is 1. The summed E-state index contributed by atoms with van der Waals surface area (Å²) in [4.78, 5) is 25.1. The van der Waals surface area contributed by atoms with Crippen LogP contribution in [0.15, 0.2) is 47.4 Å². The number of rotatable bonds is 4. The van der Waals surface area contributed by atoms with Gasteiger partial charge in [-0.15, -0.1) is 0 Å². The quantitative estimate of drug-likeness (QED) is 0.442. The summed E-state index contributed by atoms with van der Waals surface area (Å²) in [7, 11) is 1.66. The lowest BCUT2D eigenvalue weighted by Gasteiger charge is -2.29. The van der Waals surface area contributed by atoms with Crippen LogP contribution in [0.5, 0.6) is 5.75 Å². The van der Waals surface area contributed by atoms with Crippen molar-refractivity contribution in [3.63, 3.8) is 0 Å². The van der Waals surface area contributed by atoms with Gasteiger partial charge in [0.25, 0.3) is 5.91 Å². The molecular formula is C24H22N4O2S2. The zero-order valence-corrected chi connectivity index (χ0v) is 19.3. The first-order valence-electron chi connectivity index (χ1n) is 10.6. The number of para-hydroxylation sites is 2. The third-order valence-electron chi connectivity index (χ3n) is 5.63. The van der Waals surface area contributed by atoms with Gasteiger partial charge in [0.05, 0.1) is 23.0 Å². The molecule has 0 unspecified atom stereocenters. The highest BCUT2D eigenvalue weighted by Gasteiger charge is 2.24. The Balaban J connectivity index is 1.67. The third kappa shape index (κ3) is 4.08. The van der Waals surface area contributed by atoms with Gasteiger partial charge < -0.3 is 15.0 Å². The van der Waals surface area contributed by atoms with Crippen LogP contribution in [0, 0.1) is 0 Å². The predicted molar refractivity (Wildman–Crippen MR) is 134 cm³/mol. The number of ether oxygens (including phenoxy) is 1. The van der Waals surface area contributed by atoms with E-state index in [-0.39, 0.29) is 5.91 Å². The lowest BCUT2D eigenvalue weighted by atomic mass is 10.0. The summed E-state index contributed by atoms with van der Waals surface area (Å²) >= 11 is 6.38. The summed E-state index contributed by atoms with van der Waals surface area (Å²) in [5.74, 6) is 1.42. The fourth-order valence-electron chi connectivity index (χ4n) is 4.07. The van der Waals surface area contributed by atoms with Crippen molar-refractivity contribution in [2.45, 2.75) is 19.3 Å². The summed E-state index contributed by atoms with van der Waals surface area (Å²) in [6.07, 6.45) is 5.37. The number of thioether (sulfide) groups is 1. The molecule has 1 aromatic heterocycles. The summed E-state index contributed by atoms with van der Waals surface area (Å²) in [5.41, 5.74) is 4.24. The van der Waals surface area contributed by atoms with E-state index in [1.54, 1.807) is 7.11 Å². The van der Waals surface area contributed by atoms with Gasteiger partial charge >= 0.3 is 0 Å². The van der Waals surface area contributed by atoms with Crippen molar-refractivity contribution in [1.29, 1.82) is 0 Å². The van der Waals surface area contributed by atoms with Gasteiger partial charge in [0.2, 0.25) is 0 Å². The highest BCUT2D eigenvalue weighted by Crippen LogP contribution is 2.38. The number of hydrogen-bond acceptors (Lipinski definition) is 7. The molecule has 2 saturated heterocycles. The highest BCUT2D eigenvalue weighted by atomic mass is 32.2. The van der Waals surface area contributed by atoms with Crippen LogP contribution < -0.4 is 15.0 Å². The summed E-state index contributed by atoms with van der Waals surface area (Å²) < 4.78 is 6.18. The number of aromatic nitrogens is 2. The largest absolute Gasteiger partial charge is 0.496 e. The molecule has 0 atom stereocenters. The number of nitrogens with one attached hydrogen (secondary N) is 1. The standard InChI is InChI=1S/C24H22N4O2S2/c1-30-19-10-9-15(14-20-23(29)27-24(31)32-20)13-16(19)21-22(28-11-5-2-6-12-28)26-18-8-4-3-7-17(18)25-21/h3-4,7-10,13-14H,2,5-6,11-12H2,1H3,(H,27,29,31)/b20-14-. The Bertz CT molecular complexity index is 1250. The average Bonchev–Trinajstić information content (AvgIpc) is 3.15. The number of thiocarbonyl (C=S) groups is 1. The van der Waals surface area contributed by atoms with Crippen LogP contribution in [0.25, 0.3) is 28.4 Å². The first-order chi connectivity index (χ1) is 15.6. The van der Waals surface area contributed by atoms with E-state index in [0.29, 0.717) is 15.0 Å². The van der Waals surface area contributed by atoms with E-state index in [4.69, 9.17) is 26.9 Å². The molecule has 1 amide bonds. The molecule has 0 spiro atoms. The molecule has 0 bridgehead atoms. The van der Waals surface area contributed by atoms with Crippen molar-refractivity contribution < 1.29 is 9.53 Å². The minimum absolute atomic E-state index is 0.170. The van der Waals surface area contributed by atoms with E-state index in [1.165, 1.54) is 18.2 Å². The molecule has 3 aromatic rings. The van der Waals surface area contributed by atoms with Gasteiger partial charge in [-0.25, -0.2) is 9.97 Å². The Labute approximate surface area is 196 Å². The maximum absolute atomic E-state index is 12.1. The van der Waals surface area contributed by atoms with Gasteiger partial charge in [0.15, 0.2) is 5.82 Å². The maximum Gasteiger partial charge on any atom is 0.263 e. The normalized spacial score (nSPS) is 17.8. The Kier molecular flexibility index (Phi) is 5.80. The molecule has 8 heteroatoms. The second kappa shape index (κ2) is 8.88. The SMILES string of the molecule is COc1ccc(/C=C2\SC(=S)NC2=O)cc1-c1nc2ccccc2nc1N1CCCCC1. The Morgan fingerprint density at radius 3 is 2.53 bits per heavy atom. The van der Waals surface area contributed by atoms with E-state index < -0.39 is 0 Å². The predicted octanol–water partition coefficient (Wildman–Crippen LogP) is 4.78. The molecule has 0 saturated carbocycles. The molecule has 2 aromatic carbocycles. The molecule has 0 aliphatic carbocycles. The van der Waals surface area contributed by atoms with E-state index in [1.807, 2.05) is 48.5 Å². The lowest BCUT2D eigenvalue weighted by molar-refractivity contribution is -0.115. The Morgan fingerprint density at radius 1 is 1.09 bits per heavy atom. The summed E-state index contributed by atoms with van der Waals surface area (Å²) in [6.45, 7) is 1.92. The number of benzene rings is 2. The molecule has 2 aliphatic rings. The van der Waals surface area contributed by atoms with E-state index >= 15 is 0 Å². The minimum Gasteiger partial charge on any atom is -0.496 e. The first kappa shape index (κ1) is 20.9. The van der Waals surface area contributed by atoms with Crippen molar-refractivity contribution in [3.8, 4) is 17.0 Å². The van der Waals surface area contributed by atoms with Crippen molar-refractivity contribution in [3.05, 3.63) is 52.9 Å². The number of methoxy groups -OCH3 is 1. The number of fused-ring (bicyclic) bond motifs is 1. The van der Waals surface area contributed by atoms with Gasteiger partial charge in [-0.1, -0.05) is 42.2 Å². The molecule has 1 N–H and O–H groups in total. The number of anilines is 1. The topological polar surface area (TPSA) is 67.3 Å². The van der Waals surface area contributed by atoms with Gasteiger partial charge in [0, 0.05) is 18.7 Å². The average molecular weight is 463 g/mol. The number of carbonyl (C=O) groups excluding carboxylic acids is 1. The number of carbonyl (C=O) groups is 1. The maximum atomic E-state index is 12.1. The van der Waals surface area contributed by atoms with Gasteiger partial charge in [-0.05, 0) is 55.2 Å². The first-order valence-corrected chi connectivity index (χ1v) is 11.8. The minimum atomic E-state index is -0.170. The van der Waals surface area contributed by atoms with Crippen LogP contribution >= 0.6 is 24.0 Å². The van der Waals surface area contributed by atoms with Crippen LogP contribution in [0.4, 0.5) is 5.82 Å². The van der Waals surface area contributed by atoms with E-state index in [0.717, 1.165) is 59.6 Å². The van der Waals surface area contributed by atoms with Crippen molar-refractivity contribution >= 4 is 57.1 Å². The van der Waals surface area contributed by atoms with Crippen LogP contribution in [0.1, 0.15) is 24.8 Å². The summed E-state index contributed by atoms with van der Waals surface area (Å²) in [5, 5.41) is 2.66. The Morgan fingerprint density at radius 2 is 1.84 bits per heavy atom. The molecule has 2 fully saturated rings.